The summed E-state index contributed by atoms with van der Waals surface area (Å²) in [7, 11) is 0. The summed E-state index contributed by atoms with van der Waals surface area (Å²) < 4.78 is 12.5. The van der Waals surface area contributed by atoms with Crippen LogP contribution in [0.2, 0.25) is 0 Å². The van der Waals surface area contributed by atoms with Crippen LogP contribution in [0.4, 0.5) is 5.69 Å². The highest BCUT2D eigenvalue weighted by atomic mass is 79.9. The van der Waals surface area contributed by atoms with E-state index in [1.54, 1.807) is 0 Å². The standard InChI is InChI=1S/C25H21BrN2O3S/c1-2-30-21-13-11-20(12-14-21)27-25-28-24(29)23(32-25)15-18-5-3-4-6-22(18)31-16-17-7-9-19(26)10-8-17/h3-15H,2,16H2,1H3,(H,27,28,29)/b23-15+. The van der Waals surface area contributed by atoms with Gasteiger partial charge in [-0.2, -0.15) is 0 Å². The van der Waals surface area contributed by atoms with Gasteiger partial charge in [-0.05, 0) is 72.8 Å². The van der Waals surface area contributed by atoms with E-state index in [0.29, 0.717) is 29.0 Å². The number of nitrogens with zero attached hydrogens (tertiary/aromatic N) is 1. The normalized spacial score (nSPS) is 15.8. The summed E-state index contributed by atoms with van der Waals surface area (Å²) in [6, 6.07) is 23.1. The Kier molecular flexibility index (Phi) is 7.29. The molecule has 3 aromatic rings. The van der Waals surface area contributed by atoms with Gasteiger partial charge in [-0.25, -0.2) is 4.99 Å². The molecule has 1 fully saturated rings. The number of amides is 1. The number of aliphatic imine (C=N–C) groups is 1. The molecule has 0 aliphatic carbocycles. The SMILES string of the molecule is CCOc1ccc(N=C2NC(=O)/C(=C\c3ccccc3OCc3ccc(Br)cc3)S2)cc1. The van der Waals surface area contributed by atoms with Crippen LogP contribution in [0.25, 0.3) is 6.08 Å². The summed E-state index contributed by atoms with van der Waals surface area (Å²) in [5.74, 6) is 1.33. The van der Waals surface area contributed by atoms with Crippen LogP contribution in [0, 0.1) is 0 Å². The number of halogens is 1. The van der Waals surface area contributed by atoms with E-state index < -0.39 is 0 Å². The number of benzene rings is 3. The number of amidine groups is 1. The molecule has 0 atom stereocenters. The number of nitrogens with one attached hydrogen (secondary N) is 1. The number of hydrogen-bond acceptors (Lipinski definition) is 5. The van der Waals surface area contributed by atoms with Gasteiger partial charge in [-0.1, -0.05) is 46.3 Å². The third-order valence-electron chi connectivity index (χ3n) is 4.54. The van der Waals surface area contributed by atoms with Gasteiger partial charge in [0.1, 0.15) is 18.1 Å². The molecule has 0 aromatic heterocycles. The fourth-order valence-corrected chi connectivity index (χ4v) is 4.09. The molecule has 32 heavy (non-hydrogen) atoms. The lowest BCUT2D eigenvalue weighted by Crippen LogP contribution is -2.19. The first-order valence-corrected chi connectivity index (χ1v) is 11.7. The predicted octanol–water partition coefficient (Wildman–Crippen LogP) is 6.32. The number of ether oxygens (including phenoxy) is 2. The molecular weight excluding hydrogens is 488 g/mol. The van der Waals surface area contributed by atoms with Crippen LogP contribution in [0.5, 0.6) is 11.5 Å². The van der Waals surface area contributed by atoms with Crippen molar-refractivity contribution in [3.05, 3.63) is 93.3 Å². The van der Waals surface area contributed by atoms with E-state index in [0.717, 1.165) is 27.0 Å². The summed E-state index contributed by atoms with van der Waals surface area (Å²) in [4.78, 5) is 17.6. The predicted molar refractivity (Wildman–Crippen MR) is 133 cm³/mol. The Hall–Kier alpha value is -3.03. The Balaban J connectivity index is 1.48. The van der Waals surface area contributed by atoms with Gasteiger partial charge in [0, 0.05) is 10.0 Å². The second-order valence-corrected chi connectivity index (χ2v) is 8.81. The van der Waals surface area contributed by atoms with E-state index >= 15 is 0 Å². The third kappa shape index (κ3) is 5.81. The van der Waals surface area contributed by atoms with Crippen molar-refractivity contribution in [3.8, 4) is 11.5 Å². The maximum absolute atomic E-state index is 12.5. The van der Waals surface area contributed by atoms with Crippen LogP contribution in [-0.4, -0.2) is 17.7 Å². The zero-order valence-corrected chi connectivity index (χ0v) is 19.8. The average Bonchev–Trinajstić information content (AvgIpc) is 3.14. The largest absolute Gasteiger partial charge is 0.494 e. The second kappa shape index (κ2) is 10.5. The molecule has 162 valence electrons. The van der Waals surface area contributed by atoms with E-state index in [9.17, 15) is 4.79 Å². The molecule has 0 radical (unpaired) electrons. The lowest BCUT2D eigenvalue weighted by Gasteiger charge is -2.09. The van der Waals surface area contributed by atoms with Crippen molar-refractivity contribution in [2.24, 2.45) is 4.99 Å². The minimum absolute atomic E-state index is 0.178. The number of rotatable bonds is 7. The molecule has 1 saturated heterocycles. The Morgan fingerprint density at radius 3 is 2.50 bits per heavy atom. The first-order valence-electron chi connectivity index (χ1n) is 10.1. The van der Waals surface area contributed by atoms with Crippen LogP contribution < -0.4 is 14.8 Å². The summed E-state index contributed by atoms with van der Waals surface area (Å²) in [5, 5.41) is 3.36. The molecule has 0 saturated carbocycles. The van der Waals surface area contributed by atoms with Gasteiger partial charge < -0.3 is 14.8 Å². The maximum atomic E-state index is 12.5. The molecule has 7 heteroatoms. The Labute approximate surface area is 199 Å². The Morgan fingerprint density at radius 2 is 1.75 bits per heavy atom. The molecule has 4 rings (SSSR count). The zero-order chi connectivity index (χ0) is 22.3. The molecule has 1 heterocycles. The van der Waals surface area contributed by atoms with E-state index in [1.807, 2.05) is 85.8 Å². The highest BCUT2D eigenvalue weighted by Gasteiger charge is 2.24. The van der Waals surface area contributed by atoms with Gasteiger partial charge in [-0.3, -0.25) is 4.79 Å². The van der Waals surface area contributed by atoms with Crippen LogP contribution in [0.15, 0.2) is 87.2 Å². The first kappa shape index (κ1) is 22.2. The van der Waals surface area contributed by atoms with E-state index in [2.05, 4.69) is 26.2 Å². The van der Waals surface area contributed by atoms with Crippen LogP contribution in [0.3, 0.4) is 0 Å². The lowest BCUT2D eigenvalue weighted by atomic mass is 10.2. The summed E-state index contributed by atoms with van der Waals surface area (Å²) in [6.45, 7) is 3.00. The molecule has 1 N–H and O–H groups in total. The molecule has 0 unspecified atom stereocenters. The highest BCUT2D eigenvalue weighted by Crippen LogP contribution is 2.31. The van der Waals surface area contributed by atoms with Crippen molar-refractivity contribution >= 4 is 50.5 Å². The Bertz CT molecular complexity index is 1160. The van der Waals surface area contributed by atoms with Gasteiger partial charge in [-0.15, -0.1) is 0 Å². The van der Waals surface area contributed by atoms with Crippen LogP contribution >= 0.6 is 27.7 Å². The zero-order valence-electron chi connectivity index (χ0n) is 17.4. The van der Waals surface area contributed by atoms with Gasteiger partial charge in [0.15, 0.2) is 5.17 Å². The quantitative estimate of drug-likeness (QED) is 0.379. The lowest BCUT2D eigenvalue weighted by molar-refractivity contribution is -0.115. The van der Waals surface area contributed by atoms with Gasteiger partial charge >= 0.3 is 0 Å². The van der Waals surface area contributed by atoms with Crippen molar-refractivity contribution in [3.63, 3.8) is 0 Å². The highest BCUT2D eigenvalue weighted by molar-refractivity contribution is 9.10. The van der Waals surface area contributed by atoms with Crippen molar-refractivity contribution in [1.29, 1.82) is 0 Å². The van der Waals surface area contributed by atoms with E-state index in [1.165, 1.54) is 11.8 Å². The number of para-hydroxylation sites is 1. The van der Waals surface area contributed by atoms with Gasteiger partial charge in [0.25, 0.3) is 5.91 Å². The summed E-state index contributed by atoms with van der Waals surface area (Å²) in [6.07, 6.45) is 1.83. The smallest absolute Gasteiger partial charge is 0.264 e. The third-order valence-corrected chi connectivity index (χ3v) is 5.98. The molecule has 1 aliphatic rings. The minimum atomic E-state index is -0.178. The summed E-state index contributed by atoms with van der Waals surface area (Å²) in [5.41, 5.74) is 2.65. The fraction of sp³-hybridized carbons (Fsp3) is 0.120. The van der Waals surface area contributed by atoms with Crippen LogP contribution in [-0.2, 0) is 11.4 Å². The summed E-state index contributed by atoms with van der Waals surface area (Å²) >= 11 is 4.74. The molecular formula is C25H21BrN2O3S. The Morgan fingerprint density at radius 1 is 1.00 bits per heavy atom. The molecule has 3 aromatic carbocycles. The van der Waals surface area contributed by atoms with E-state index in [-0.39, 0.29) is 5.91 Å². The molecule has 1 aliphatic heterocycles. The number of carbonyl (C=O) groups is 1. The van der Waals surface area contributed by atoms with Crippen molar-refractivity contribution in [2.75, 3.05) is 6.61 Å². The number of thioether (sulfide) groups is 1. The molecule has 5 nitrogen and oxygen atoms in total. The molecule has 0 spiro atoms. The van der Waals surface area contributed by atoms with E-state index in [4.69, 9.17) is 9.47 Å². The van der Waals surface area contributed by atoms with Crippen LogP contribution in [0.1, 0.15) is 18.1 Å². The monoisotopic (exact) mass is 508 g/mol. The topological polar surface area (TPSA) is 59.9 Å². The van der Waals surface area contributed by atoms with Gasteiger partial charge in [0.05, 0.1) is 17.2 Å². The average molecular weight is 509 g/mol. The van der Waals surface area contributed by atoms with Crippen molar-refractivity contribution in [2.45, 2.75) is 13.5 Å². The first-order chi connectivity index (χ1) is 15.6. The molecule has 1 amide bonds. The number of carbonyl (C=O) groups excluding carboxylic acids is 1. The second-order valence-electron chi connectivity index (χ2n) is 6.86. The van der Waals surface area contributed by atoms with Gasteiger partial charge in [0.2, 0.25) is 0 Å². The minimum Gasteiger partial charge on any atom is -0.494 e. The molecule has 0 bridgehead atoms. The number of hydrogen-bond donors (Lipinski definition) is 1. The van der Waals surface area contributed by atoms with Crippen molar-refractivity contribution in [1.82, 2.24) is 5.32 Å². The van der Waals surface area contributed by atoms with Crippen molar-refractivity contribution < 1.29 is 14.3 Å². The fourth-order valence-electron chi connectivity index (χ4n) is 3.00. The maximum Gasteiger partial charge on any atom is 0.264 e.